The number of fused-ring (bicyclic) bond motifs is 2. The molecular formula is C30H36FN3O4. The number of hydrogen-bond donors (Lipinski definition) is 4. The Labute approximate surface area is 221 Å². The standard InChI is InChI=1S/C30H36FN3O4/c1-27-10-8-20-24(36)30(31)25(37)23(35)21(34(2)3)15-28(30)11-12-29(20,38-28)22(27)7-6-19(27)17-5-4-16-9-13-33-26(32)18(16)14-17/h4-6,8-9,13-14,21-25,35-37H,7,10-12,15H2,1-3H3,(H2,32,33)/t21-,22?,23+,24?,25-,27+,28+,29+,30?/m0/s1. The molecule has 3 heterocycles. The van der Waals surface area contributed by atoms with Gasteiger partial charge in [0.05, 0.1) is 11.7 Å². The smallest absolute Gasteiger partial charge is 0.197 e. The molecule has 38 heavy (non-hydrogen) atoms. The van der Waals surface area contributed by atoms with E-state index in [-0.39, 0.29) is 17.8 Å². The number of alkyl halides is 1. The molecule has 1 aromatic heterocycles. The topological polar surface area (TPSA) is 112 Å². The van der Waals surface area contributed by atoms with E-state index in [2.05, 4.69) is 36.2 Å². The first-order chi connectivity index (χ1) is 18.0. The number of likely N-dealkylation sites (N-methyl/N-ethyl adjacent to an activating group) is 1. The predicted molar refractivity (Wildman–Crippen MR) is 143 cm³/mol. The molecule has 2 saturated heterocycles. The Hall–Kier alpha value is -2.36. The molecule has 5 aliphatic rings. The number of nitrogens with two attached hydrogens (primary N) is 1. The van der Waals surface area contributed by atoms with Crippen molar-refractivity contribution in [2.24, 2.45) is 11.3 Å². The maximum atomic E-state index is 17.0. The van der Waals surface area contributed by atoms with Gasteiger partial charge in [-0.15, -0.1) is 0 Å². The molecule has 7 rings (SSSR count). The van der Waals surface area contributed by atoms with Gasteiger partial charge >= 0.3 is 0 Å². The number of pyridine rings is 1. The fourth-order valence-corrected chi connectivity index (χ4v) is 8.89. The summed E-state index contributed by atoms with van der Waals surface area (Å²) in [4.78, 5) is 6.08. The number of aromatic nitrogens is 1. The molecule has 2 aromatic rings. The van der Waals surface area contributed by atoms with Crippen LogP contribution in [-0.4, -0.2) is 80.5 Å². The summed E-state index contributed by atoms with van der Waals surface area (Å²) in [6.07, 6.45) is 3.84. The molecule has 0 amide bonds. The number of hydrogen-bond acceptors (Lipinski definition) is 7. The lowest BCUT2D eigenvalue weighted by atomic mass is 9.55. The summed E-state index contributed by atoms with van der Waals surface area (Å²) in [5.74, 6) is 0.505. The van der Waals surface area contributed by atoms with Crippen LogP contribution in [0.25, 0.3) is 16.3 Å². The second kappa shape index (κ2) is 7.64. The quantitative estimate of drug-likeness (QED) is 0.450. The molecule has 1 aromatic carbocycles. The average molecular weight is 522 g/mol. The third-order valence-corrected chi connectivity index (χ3v) is 10.9. The molecule has 3 fully saturated rings. The van der Waals surface area contributed by atoms with E-state index in [1.54, 1.807) is 6.20 Å². The molecule has 0 radical (unpaired) electrons. The summed E-state index contributed by atoms with van der Waals surface area (Å²) >= 11 is 0. The normalized spacial score (nSPS) is 45.4. The number of aliphatic hydroxyl groups is 3. The van der Waals surface area contributed by atoms with Gasteiger partial charge < -0.3 is 30.7 Å². The van der Waals surface area contributed by atoms with Crippen LogP contribution in [0.2, 0.25) is 0 Å². The molecule has 3 unspecified atom stereocenters. The molecule has 5 N–H and O–H groups in total. The lowest BCUT2D eigenvalue weighted by molar-refractivity contribution is -0.308. The van der Waals surface area contributed by atoms with Crippen molar-refractivity contribution < 1.29 is 24.4 Å². The molecule has 7 nitrogen and oxygen atoms in total. The maximum Gasteiger partial charge on any atom is 0.197 e. The third-order valence-electron chi connectivity index (χ3n) is 10.9. The fraction of sp³-hybridized carbons (Fsp3) is 0.567. The molecule has 2 bridgehead atoms. The predicted octanol–water partition coefficient (Wildman–Crippen LogP) is 2.98. The van der Waals surface area contributed by atoms with Crippen molar-refractivity contribution in [3.63, 3.8) is 0 Å². The summed E-state index contributed by atoms with van der Waals surface area (Å²) in [6, 6.07) is 7.77. The zero-order valence-corrected chi connectivity index (χ0v) is 22.1. The van der Waals surface area contributed by atoms with Crippen LogP contribution in [0.4, 0.5) is 10.2 Å². The Morgan fingerprint density at radius 2 is 1.92 bits per heavy atom. The fourth-order valence-electron chi connectivity index (χ4n) is 8.89. The highest BCUT2D eigenvalue weighted by molar-refractivity contribution is 5.94. The van der Waals surface area contributed by atoms with Crippen LogP contribution in [0.1, 0.15) is 44.6 Å². The van der Waals surface area contributed by atoms with Gasteiger partial charge in [-0.3, -0.25) is 0 Å². The number of nitrogens with zero attached hydrogens (tertiary/aromatic N) is 2. The van der Waals surface area contributed by atoms with Crippen LogP contribution in [0.3, 0.4) is 0 Å². The maximum absolute atomic E-state index is 17.0. The largest absolute Gasteiger partial charge is 0.389 e. The van der Waals surface area contributed by atoms with Crippen LogP contribution in [0.5, 0.6) is 0 Å². The van der Waals surface area contributed by atoms with Crippen LogP contribution in [-0.2, 0) is 4.74 Å². The highest BCUT2D eigenvalue weighted by atomic mass is 19.1. The number of benzene rings is 1. The minimum absolute atomic E-state index is 0.00677. The van der Waals surface area contributed by atoms with E-state index in [1.165, 1.54) is 5.57 Å². The van der Waals surface area contributed by atoms with Crippen molar-refractivity contribution >= 4 is 22.2 Å². The lowest BCUT2D eigenvalue weighted by Gasteiger charge is -2.62. The summed E-state index contributed by atoms with van der Waals surface area (Å²) < 4.78 is 24.0. The minimum Gasteiger partial charge on any atom is -0.389 e. The Morgan fingerprint density at radius 3 is 2.68 bits per heavy atom. The van der Waals surface area contributed by atoms with Crippen LogP contribution in [0, 0.1) is 11.3 Å². The van der Waals surface area contributed by atoms with E-state index in [1.807, 2.05) is 31.1 Å². The molecule has 1 saturated carbocycles. The van der Waals surface area contributed by atoms with Crippen molar-refractivity contribution in [3.05, 3.63) is 53.8 Å². The van der Waals surface area contributed by atoms with E-state index in [4.69, 9.17) is 10.5 Å². The molecule has 9 atom stereocenters. The number of anilines is 1. The van der Waals surface area contributed by atoms with Crippen molar-refractivity contribution in [3.8, 4) is 0 Å². The molecule has 3 aliphatic carbocycles. The molecular weight excluding hydrogens is 485 g/mol. The first-order valence-electron chi connectivity index (χ1n) is 13.6. The molecule has 202 valence electrons. The van der Waals surface area contributed by atoms with E-state index in [0.29, 0.717) is 30.7 Å². The number of halogens is 1. The van der Waals surface area contributed by atoms with Crippen molar-refractivity contribution in [2.75, 3.05) is 19.8 Å². The summed E-state index contributed by atoms with van der Waals surface area (Å²) in [7, 11) is 3.63. The van der Waals surface area contributed by atoms with Gasteiger partial charge in [0.15, 0.2) is 5.67 Å². The Bertz CT molecular complexity index is 1410. The highest BCUT2D eigenvalue weighted by Gasteiger charge is 2.79. The zero-order chi connectivity index (χ0) is 26.8. The van der Waals surface area contributed by atoms with Gasteiger partial charge in [-0.1, -0.05) is 31.2 Å². The molecule has 2 spiro atoms. The van der Waals surface area contributed by atoms with E-state index in [0.717, 1.165) is 22.8 Å². The Morgan fingerprint density at radius 1 is 1.13 bits per heavy atom. The number of nitrogen functional groups attached to an aromatic ring is 1. The SMILES string of the molecule is CN(C)[C@H]1C[C@@]23CC[C@@]4(O2)C(=CC[C@]2(C)C(c5ccc6ccnc(N)c6c5)=CCC24)C(O)C3(F)[C@@H](O)[C@@H]1O. The van der Waals surface area contributed by atoms with Crippen molar-refractivity contribution in [1.29, 1.82) is 0 Å². The second-order valence-corrected chi connectivity index (χ2v) is 12.6. The number of rotatable bonds is 2. The number of aliphatic hydroxyl groups excluding tert-OH is 3. The summed E-state index contributed by atoms with van der Waals surface area (Å²) in [5.41, 5.74) is 4.07. The molecule has 8 heteroatoms. The van der Waals surface area contributed by atoms with E-state index in [9.17, 15) is 15.3 Å². The summed E-state index contributed by atoms with van der Waals surface area (Å²) in [5, 5.41) is 35.6. The van der Waals surface area contributed by atoms with Gasteiger partial charge in [0.25, 0.3) is 0 Å². The van der Waals surface area contributed by atoms with Gasteiger partial charge in [-0.05, 0) is 80.4 Å². The number of allylic oxidation sites excluding steroid dienone is 3. The van der Waals surface area contributed by atoms with E-state index < -0.39 is 41.2 Å². The van der Waals surface area contributed by atoms with E-state index >= 15 is 4.39 Å². The van der Waals surface area contributed by atoms with Crippen LogP contribution in [0.15, 0.2) is 48.2 Å². The zero-order valence-electron chi connectivity index (χ0n) is 22.1. The average Bonchev–Trinajstić information content (AvgIpc) is 3.43. The first-order valence-corrected chi connectivity index (χ1v) is 13.6. The van der Waals surface area contributed by atoms with Gasteiger partial charge in [0.2, 0.25) is 0 Å². The van der Waals surface area contributed by atoms with Crippen LogP contribution < -0.4 is 5.73 Å². The Kier molecular flexibility index (Phi) is 4.96. The highest BCUT2D eigenvalue weighted by Crippen LogP contribution is 2.70. The Balaban J connectivity index is 1.32. The molecule has 2 aliphatic heterocycles. The van der Waals surface area contributed by atoms with Crippen LogP contribution >= 0.6 is 0 Å². The van der Waals surface area contributed by atoms with Gasteiger partial charge in [-0.25, -0.2) is 9.37 Å². The minimum atomic E-state index is -2.48. The first kappa shape index (κ1) is 24.7. The number of ether oxygens (including phenoxy) is 1. The lowest BCUT2D eigenvalue weighted by Crippen LogP contribution is -2.78. The summed E-state index contributed by atoms with van der Waals surface area (Å²) in [6.45, 7) is 2.25. The van der Waals surface area contributed by atoms with Gasteiger partial charge in [-0.2, -0.15) is 0 Å². The monoisotopic (exact) mass is 521 g/mol. The third kappa shape index (κ3) is 2.73. The van der Waals surface area contributed by atoms with Crippen molar-refractivity contribution in [2.45, 2.75) is 80.3 Å². The van der Waals surface area contributed by atoms with Gasteiger partial charge in [0.1, 0.15) is 23.6 Å². The second-order valence-electron chi connectivity index (χ2n) is 12.6. The van der Waals surface area contributed by atoms with Gasteiger partial charge in [0, 0.05) is 29.0 Å². The van der Waals surface area contributed by atoms with Crippen molar-refractivity contribution in [1.82, 2.24) is 9.88 Å².